The van der Waals surface area contributed by atoms with E-state index >= 15 is 0 Å². The highest BCUT2D eigenvalue weighted by molar-refractivity contribution is 14.0. The molecular formula is C22H36IN5O2. The molecular weight excluding hydrogens is 493 g/mol. The Morgan fingerprint density at radius 2 is 1.83 bits per heavy atom. The van der Waals surface area contributed by atoms with Gasteiger partial charge >= 0.3 is 0 Å². The van der Waals surface area contributed by atoms with Crippen LogP contribution >= 0.6 is 24.0 Å². The number of nitrogens with one attached hydrogen (secondary N) is 2. The molecule has 1 aromatic carbocycles. The zero-order chi connectivity index (χ0) is 21.2. The third-order valence-corrected chi connectivity index (χ3v) is 5.22. The number of likely N-dealkylation sites (N-methyl/N-ethyl adjacent to an activating group) is 1. The molecule has 1 atom stereocenters. The zero-order valence-corrected chi connectivity index (χ0v) is 21.3. The molecule has 0 amide bonds. The number of aromatic nitrogens is 1. The van der Waals surface area contributed by atoms with Crippen molar-refractivity contribution >= 4 is 29.9 Å². The van der Waals surface area contributed by atoms with E-state index in [4.69, 9.17) is 9.26 Å². The third-order valence-electron chi connectivity index (χ3n) is 5.22. The van der Waals surface area contributed by atoms with E-state index in [-0.39, 0.29) is 30.0 Å². The Bertz CT molecular complexity index is 757. The predicted molar refractivity (Wildman–Crippen MR) is 133 cm³/mol. The number of nitrogens with zero attached hydrogens (tertiary/aromatic N) is 3. The Balaban J connectivity index is 0.00000450. The molecule has 1 heterocycles. The van der Waals surface area contributed by atoms with E-state index in [1.807, 2.05) is 18.2 Å². The van der Waals surface area contributed by atoms with Crippen molar-refractivity contribution in [1.82, 2.24) is 20.7 Å². The van der Waals surface area contributed by atoms with Crippen molar-refractivity contribution in [2.75, 3.05) is 34.8 Å². The molecule has 0 aliphatic heterocycles. The number of guanidine groups is 1. The minimum Gasteiger partial charge on any atom is -0.497 e. The fraction of sp³-hybridized carbons (Fsp3) is 0.545. The van der Waals surface area contributed by atoms with Crippen LogP contribution in [-0.2, 0) is 6.54 Å². The third kappa shape index (κ3) is 7.46. The van der Waals surface area contributed by atoms with Gasteiger partial charge in [-0.15, -0.1) is 24.0 Å². The molecule has 0 spiro atoms. The van der Waals surface area contributed by atoms with Crippen LogP contribution in [0.25, 0.3) is 0 Å². The Labute approximate surface area is 197 Å². The molecule has 2 aromatic rings. The molecule has 1 aromatic heterocycles. The molecule has 0 bridgehead atoms. The van der Waals surface area contributed by atoms with Crippen LogP contribution in [0.2, 0.25) is 0 Å². The SMILES string of the molecule is CCC(CC)c1cc(CNC(=NC)NCC(c2ccc(OC)cc2)N(C)C)on1.I. The highest BCUT2D eigenvalue weighted by Gasteiger charge is 2.16. The van der Waals surface area contributed by atoms with E-state index < -0.39 is 0 Å². The minimum absolute atomic E-state index is 0. The van der Waals surface area contributed by atoms with Gasteiger partial charge in [0.1, 0.15) is 5.75 Å². The van der Waals surface area contributed by atoms with Crippen LogP contribution in [0.3, 0.4) is 0 Å². The van der Waals surface area contributed by atoms with Crippen LogP contribution in [0.1, 0.15) is 55.7 Å². The molecule has 7 nitrogen and oxygen atoms in total. The smallest absolute Gasteiger partial charge is 0.191 e. The van der Waals surface area contributed by atoms with Crippen LogP contribution in [0, 0.1) is 0 Å². The highest BCUT2D eigenvalue weighted by atomic mass is 127. The van der Waals surface area contributed by atoms with Crippen LogP contribution in [0.15, 0.2) is 39.8 Å². The Hall–Kier alpha value is -1.81. The van der Waals surface area contributed by atoms with Gasteiger partial charge in [-0.05, 0) is 44.6 Å². The van der Waals surface area contributed by atoms with Gasteiger partial charge in [0.15, 0.2) is 11.7 Å². The molecule has 0 saturated carbocycles. The van der Waals surface area contributed by atoms with Crippen LogP contribution in [-0.4, -0.2) is 50.8 Å². The zero-order valence-electron chi connectivity index (χ0n) is 18.9. The quantitative estimate of drug-likeness (QED) is 0.274. The summed E-state index contributed by atoms with van der Waals surface area (Å²) in [6, 6.07) is 10.4. The molecule has 0 aliphatic rings. The van der Waals surface area contributed by atoms with E-state index in [1.165, 1.54) is 5.56 Å². The normalized spacial score (nSPS) is 12.6. The van der Waals surface area contributed by atoms with E-state index in [0.717, 1.165) is 36.0 Å². The summed E-state index contributed by atoms with van der Waals surface area (Å²) < 4.78 is 10.7. The second-order valence-corrected chi connectivity index (χ2v) is 7.29. The monoisotopic (exact) mass is 529 g/mol. The lowest BCUT2D eigenvalue weighted by atomic mass is 9.99. The molecule has 2 N–H and O–H groups in total. The van der Waals surface area contributed by atoms with Gasteiger partial charge in [-0.1, -0.05) is 31.1 Å². The predicted octanol–water partition coefficient (Wildman–Crippen LogP) is 4.17. The van der Waals surface area contributed by atoms with Gasteiger partial charge in [0.2, 0.25) is 0 Å². The summed E-state index contributed by atoms with van der Waals surface area (Å²) in [5, 5.41) is 10.9. The van der Waals surface area contributed by atoms with Gasteiger partial charge in [-0.2, -0.15) is 0 Å². The molecule has 30 heavy (non-hydrogen) atoms. The first-order valence-corrected chi connectivity index (χ1v) is 10.2. The Morgan fingerprint density at radius 1 is 1.17 bits per heavy atom. The largest absolute Gasteiger partial charge is 0.497 e. The summed E-state index contributed by atoms with van der Waals surface area (Å²) in [5.74, 6) is 2.85. The van der Waals surface area contributed by atoms with E-state index in [9.17, 15) is 0 Å². The van der Waals surface area contributed by atoms with Crippen molar-refractivity contribution < 1.29 is 9.26 Å². The number of halogens is 1. The topological polar surface area (TPSA) is 74.9 Å². The van der Waals surface area contributed by atoms with Gasteiger partial charge < -0.3 is 24.8 Å². The summed E-state index contributed by atoms with van der Waals surface area (Å²) in [4.78, 5) is 6.50. The first kappa shape index (κ1) is 26.2. The Kier molecular flexibility index (Phi) is 11.8. The van der Waals surface area contributed by atoms with Crippen LogP contribution in [0.5, 0.6) is 5.75 Å². The van der Waals surface area contributed by atoms with Gasteiger partial charge in [-0.3, -0.25) is 4.99 Å². The van der Waals surface area contributed by atoms with Gasteiger partial charge in [0.05, 0.1) is 25.4 Å². The molecule has 0 saturated heterocycles. The minimum atomic E-state index is 0. The summed E-state index contributed by atoms with van der Waals surface area (Å²) >= 11 is 0. The van der Waals surface area contributed by atoms with Crippen molar-refractivity contribution in [1.29, 1.82) is 0 Å². The van der Waals surface area contributed by atoms with Crippen LogP contribution < -0.4 is 15.4 Å². The maximum Gasteiger partial charge on any atom is 0.191 e. The summed E-state index contributed by atoms with van der Waals surface area (Å²) in [6.45, 7) is 5.61. The van der Waals surface area contributed by atoms with Gasteiger partial charge in [0.25, 0.3) is 0 Å². The lowest BCUT2D eigenvalue weighted by Gasteiger charge is -2.26. The fourth-order valence-electron chi connectivity index (χ4n) is 3.32. The number of hydrogen-bond acceptors (Lipinski definition) is 5. The Morgan fingerprint density at radius 3 is 2.37 bits per heavy atom. The molecule has 8 heteroatoms. The first-order chi connectivity index (χ1) is 14.0. The molecule has 0 aliphatic carbocycles. The van der Waals surface area contributed by atoms with Crippen molar-refractivity contribution in [3.05, 3.63) is 47.3 Å². The molecule has 0 fully saturated rings. The van der Waals surface area contributed by atoms with Crippen molar-refractivity contribution in [2.45, 2.75) is 45.2 Å². The number of ether oxygens (including phenoxy) is 1. The first-order valence-electron chi connectivity index (χ1n) is 10.2. The van der Waals surface area contributed by atoms with E-state index in [0.29, 0.717) is 19.0 Å². The van der Waals surface area contributed by atoms with Crippen molar-refractivity contribution in [3.8, 4) is 5.75 Å². The maximum atomic E-state index is 5.48. The summed E-state index contributed by atoms with van der Waals surface area (Å²) in [6.07, 6.45) is 2.13. The average Bonchev–Trinajstić information content (AvgIpc) is 3.20. The highest BCUT2D eigenvalue weighted by Crippen LogP contribution is 2.22. The standard InChI is InChI=1S/C22H35N5O2.HI/c1-7-16(8-2)20-13-19(29-26-20)14-24-22(23-3)25-15-21(27(4)5)17-9-11-18(28-6)12-10-17;/h9-13,16,21H,7-8,14-15H2,1-6H3,(H2,23,24,25);1H. The fourth-order valence-corrected chi connectivity index (χ4v) is 3.32. The van der Waals surface area contributed by atoms with Crippen LogP contribution in [0.4, 0.5) is 0 Å². The second kappa shape index (κ2) is 13.5. The molecule has 0 radical (unpaired) electrons. The van der Waals surface area contributed by atoms with Gasteiger partial charge in [0, 0.05) is 25.6 Å². The number of hydrogen-bond donors (Lipinski definition) is 2. The lowest BCUT2D eigenvalue weighted by Crippen LogP contribution is -2.41. The molecule has 1 unspecified atom stereocenters. The average molecular weight is 529 g/mol. The summed E-state index contributed by atoms with van der Waals surface area (Å²) in [7, 11) is 7.59. The van der Waals surface area contributed by atoms with E-state index in [2.05, 4.69) is 65.8 Å². The van der Waals surface area contributed by atoms with Crippen molar-refractivity contribution in [2.24, 2.45) is 4.99 Å². The van der Waals surface area contributed by atoms with Crippen molar-refractivity contribution in [3.63, 3.8) is 0 Å². The maximum absolute atomic E-state index is 5.48. The lowest BCUT2D eigenvalue weighted by molar-refractivity contribution is 0.297. The van der Waals surface area contributed by atoms with E-state index in [1.54, 1.807) is 14.2 Å². The number of methoxy groups -OCH3 is 1. The van der Waals surface area contributed by atoms with Gasteiger partial charge in [-0.25, -0.2) is 0 Å². The molecule has 168 valence electrons. The summed E-state index contributed by atoms with van der Waals surface area (Å²) in [5.41, 5.74) is 2.24. The number of aliphatic imine (C=N–C) groups is 1. The second-order valence-electron chi connectivity index (χ2n) is 7.29. The number of rotatable bonds is 10. The molecule has 2 rings (SSSR count). The number of benzene rings is 1.